The molecule has 0 spiro atoms. The summed E-state index contributed by atoms with van der Waals surface area (Å²) in [6.07, 6.45) is -2.02. The number of pyridine rings is 1. The number of rotatable bonds is 5. The second kappa shape index (κ2) is 9.85. The van der Waals surface area contributed by atoms with Gasteiger partial charge in [-0.05, 0) is 55.9 Å². The normalized spacial score (nSPS) is 19.6. The van der Waals surface area contributed by atoms with Gasteiger partial charge in [-0.2, -0.15) is 13.2 Å². The van der Waals surface area contributed by atoms with Crippen molar-refractivity contribution in [2.24, 2.45) is 5.92 Å². The van der Waals surface area contributed by atoms with Crippen molar-refractivity contribution in [2.45, 2.75) is 42.9 Å². The first-order valence-corrected chi connectivity index (χ1v) is 11.7. The predicted molar refractivity (Wildman–Crippen MR) is 123 cm³/mol. The molecule has 3 aromatic rings. The molecule has 1 saturated carbocycles. The molecule has 1 amide bonds. The number of hydrogen-bond donors (Lipinski definition) is 2. The fourth-order valence-corrected chi connectivity index (χ4v) is 4.98. The van der Waals surface area contributed by atoms with Crippen LogP contribution in [0.3, 0.4) is 0 Å². The van der Waals surface area contributed by atoms with Crippen molar-refractivity contribution in [1.82, 2.24) is 10.3 Å². The zero-order valence-electron chi connectivity index (χ0n) is 17.8. The van der Waals surface area contributed by atoms with E-state index in [-0.39, 0.29) is 28.0 Å². The highest BCUT2D eigenvalue weighted by Gasteiger charge is 2.34. The first-order valence-electron chi connectivity index (χ1n) is 10.8. The van der Waals surface area contributed by atoms with Gasteiger partial charge < -0.3 is 10.6 Å². The van der Waals surface area contributed by atoms with E-state index in [0.29, 0.717) is 36.8 Å². The Morgan fingerprint density at radius 3 is 2.44 bits per heavy atom. The summed E-state index contributed by atoms with van der Waals surface area (Å²) in [5, 5.41) is 6.49. The van der Waals surface area contributed by atoms with Crippen molar-refractivity contribution in [3.8, 4) is 0 Å². The zero-order valence-corrected chi connectivity index (χ0v) is 19.4. The number of nitrogens with one attached hydrogen (secondary N) is 2. The minimum Gasteiger partial charge on any atom is -0.372 e. The summed E-state index contributed by atoms with van der Waals surface area (Å²) in [5.41, 5.74) is -0.732. The Morgan fingerprint density at radius 2 is 1.74 bits per heavy atom. The molecule has 1 atom stereocenters. The van der Waals surface area contributed by atoms with E-state index in [2.05, 4.69) is 31.5 Å². The van der Waals surface area contributed by atoms with Crippen molar-refractivity contribution in [1.29, 1.82) is 0 Å². The lowest BCUT2D eigenvalue weighted by molar-refractivity contribution is -0.140. The summed E-state index contributed by atoms with van der Waals surface area (Å²) in [5.74, 6) is -2.85. The van der Waals surface area contributed by atoms with Crippen LogP contribution in [0.2, 0.25) is 0 Å². The fraction of sp³-hybridized carbons (Fsp3) is 0.333. The van der Waals surface area contributed by atoms with Crippen LogP contribution in [0, 0.1) is 17.6 Å². The molecule has 0 radical (unpaired) electrons. The number of amides is 1. The molecule has 1 heterocycles. The van der Waals surface area contributed by atoms with Crippen LogP contribution in [0.4, 0.5) is 27.6 Å². The monoisotopic (exact) mass is 541 g/mol. The van der Waals surface area contributed by atoms with Gasteiger partial charge in [0.05, 0.1) is 16.0 Å². The molecule has 0 unspecified atom stereocenters. The van der Waals surface area contributed by atoms with Crippen molar-refractivity contribution in [2.75, 3.05) is 5.32 Å². The third-order valence-electron chi connectivity index (χ3n) is 6.02. The van der Waals surface area contributed by atoms with Gasteiger partial charge in [-0.1, -0.05) is 40.2 Å². The number of halogens is 6. The van der Waals surface area contributed by atoms with Gasteiger partial charge >= 0.3 is 6.18 Å². The van der Waals surface area contributed by atoms with Crippen LogP contribution < -0.4 is 10.6 Å². The third-order valence-corrected chi connectivity index (χ3v) is 6.99. The Morgan fingerprint density at radius 1 is 1.03 bits per heavy atom. The Labute approximate surface area is 201 Å². The average molecular weight is 542 g/mol. The second-order valence-corrected chi connectivity index (χ2v) is 9.29. The third kappa shape index (κ3) is 5.32. The number of fused-ring (bicyclic) bond motifs is 1. The summed E-state index contributed by atoms with van der Waals surface area (Å²) in [4.78, 5) is 15.8. The molecule has 1 aliphatic carbocycles. The van der Waals surface area contributed by atoms with Gasteiger partial charge in [-0.3, -0.25) is 4.79 Å². The molecule has 34 heavy (non-hydrogen) atoms. The maximum atomic E-state index is 13.9. The highest BCUT2D eigenvalue weighted by atomic mass is 79.9. The molecule has 2 aromatic carbocycles. The topological polar surface area (TPSA) is 54.0 Å². The van der Waals surface area contributed by atoms with Crippen LogP contribution in [-0.2, 0) is 6.18 Å². The Kier molecular flexibility index (Phi) is 7.06. The van der Waals surface area contributed by atoms with E-state index in [4.69, 9.17) is 0 Å². The van der Waals surface area contributed by atoms with Crippen molar-refractivity contribution < 1.29 is 26.7 Å². The Balaban J connectivity index is 1.40. The number of aromatic nitrogens is 1. The highest BCUT2D eigenvalue weighted by Crippen LogP contribution is 2.36. The summed E-state index contributed by atoms with van der Waals surface area (Å²) in [6.45, 7) is 0. The minimum absolute atomic E-state index is 0.0836. The molecule has 1 aromatic heterocycles. The van der Waals surface area contributed by atoms with E-state index in [1.165, 1.54) is 18.2 Å². The Hall–Kier alpha value is -2.75. The molecule has 0 bridgehead atoms. The molecule has 180 valence electrons. The standard InChI is InChI=1S/C24H21BrF5N3O/c25-22(33-19-12-20(24(28,29)30)32-18-7-2-1-4-15(18)19)13-8-10-14(11-9-13)31-23(34)16-5-3-6-17(26)21(16)27/h1-7,12-14,22H,8-11H2,(H,31,34)(H,32,33)/t13-,14+,22-/m1/s1. The highest BCUT2D eigenvalue weighted by molar-refractivity contribution is 9.09. The molecular formula is C24H21BrF5N3O. The van der Waals surface area contributed by atoms with Crippen LogP contribution in [0.5, 0.6) is 0 Å². The lowest BCUT2D eigenvalue weighted by atomic mass is 9.85. The summed E-state index contributed by atoms with van der Waals surface area (Å²) in [6, 6.07) is 10.9. The first kappa shape index (κ1) is 24.4. The Bertz CT molecular complexity index is 1190. The van der Waals surface area contributed by atoms with Crippen molar-refractivity contribution >= 4 is 38.4 Å². The number of benzene rings is 2. The number of para-hydroxylation sites is 1. The molecule has 1 fully saturated rings. The molecule has 2 N–H and O–H groups in total. The van der Waals surface area contributed by atoms with E-state index in [1.807, 2.05) is 0 Å². The van der Waals surface area contributed by atoms with Crippen LogP contribution >= 0.6 is 15.9 Å². The van der Waals surface area contributed by atoms with E-state index in [0.717, 1.165) is 12.1 Å². The van der Waals surface area contributed by atoms with Gasteiger partial charge in [0, 0.05) is 17.1 Å². The maximum absolute atomic E-state index is 13.9. The van der Waals surface area contributed by atoms with Gasteiger partial charge in [-0.15, -0.1) is 0 Å². The van der Waals surface area contributed by atoms with Gasteiger partial charge in [0.25, 0.3) is 5.91 Å². The van der Waals surface area contributed by atoms with Crippen LogP contribution in [0.25, 0.3) is 10.9 Å². The second-order valence-electron chi connectivity index (χ2n) is 8.30. The number of anilines is 1. The molecule has 4 rings (SSSR count). The van der Waals surface area contributed by atoms with Gasteiger partial charge in [0.1, 0.15) is 5.69 Å². The van der Waals surface area contributed by atoms with Crippen LogP contribution in [0.15, 0.2) is 48.5 Å². The molecule has 4 nitrogen and oxygen atoms in total. The maximum Gasteiger partial charge on any atom is 0.433 e. The average Bonchev–Trinajstić information content (AvgIpc) is 2.80. The summed E-state index contributed by atoms with van der Waals surface area (Å²) < 4.78 is 67.2. The zero-order chi connectivity index (χ0) is 24.5. The largest absolute Gasteiger partial charge is 0.433 e. The number of nitrogens with zero attached hydrogens (tertiary/aromatic N) is 1. The first-order chi connectivity index (χ1) is 16.1. The fourth-order valence-electron chi connectivity index (χ4n) is 4.20. The van der Waals surface area contributed by atoms with Gasteiger partial charge in [0.15, 0.2) is 11.6 Å². The van der Waals surface area contributed by atoms with E-state index in [1.54, 1.807) is 18.2 Å². The summed E-state index contributed by atoms with van der Waals surface area (Å²) in [7, 11) is 0. The lowest BCUT2D eigenvalue weighted by Gasteiger charge is -2.32. The molecule has 10 heteroatoms. The lowest BCUT2D eigenvalue weighted by Crippen LogP contribution is -2.40. The van der Waals surface area contributed by atoms with Gasteiger partial charge in [-0.25, -0.2) is 13.8 Å². The van der Waals surface area contributed by atoms with E-state index >= 15 is 0 Å². The van der Waals surface area contributed by atoms with Gasteiger partial charge in [0.2, 0.25) is 0 Å². The summed E-state index contributed by atoms with van der Waals surface area (Å²) >= 11 is 3.57. The molecule has 0 aliphatic heterocycles. The predicted octanol–water partition coefficient (Wildman–Crippen LogP) is 6.65. The van der Waals surface area contributed by atoms with E-state index < -0.39 is 29.4 Å². The van der Waals surface area contributed by atoms with E-state index in [9.17, 15) is 26.7 Å². The number of alkyl halides is 4. The smallest absolute Gasteiger partial charge is 0.372 e. The van der Waals surface area contributed by atoms with Crippen LogP contribution in [0.1, 0.15) is 41.7 Å². The molecular weight excluding hydrogens is 521 g/mol. The van der Waals surface area contributed by atoms with Crippen molar-refractivity contribution in [3.05, 3.63) is 71.4 Å². The van der Waals surface area contributed by atoms with Crippen LogP contribution in [-0.4, -0.2) is 21.9 Å². The quantitative estimate of drug-likeness (QED) is 0.216. The van der Waals surface area contributed by atoms with Crippen molar-refractivity contribution in [3.63, 3.8) is 0 Å². The molecule has 0 saturated heterocycles. The number of carbonyl (C=O) groups is 1. The number of carbonyl (C=O) groups excluding carboxylic acids is 1. The molecule has 1 aliphatic rings. The SMILES string of the molecule is O=C(N[C@H]1CC[C@@H]([C@H](Br)Nc2cc(C(F)(F)F)nc3ccccc23)CC1)c1cccc(F)c1F. The number of hydrogen-bond acceptors (Lipinski definition) is 3. The minimum atomic E-state index is -4.57.